The quantitative estimate of drug-likeness (QED) is 0.597. The van der Waals surface area contributed by atoms with Gasteiger partial charge in [0.2, 0.25) is 0 Å². The number of hydrogen-bond acceptors (Lipinski definition) is 2. The van der Waals surface area contributed by atoms with Crippen molar-refractivity contribution in [2.45, 2.75) is 45.0 Å². The fourth-order valence-electron chi connectivity index (χ4n) is 1.31. The molecule has 17 heavy (non-hydrogen) atoms. The molecule has 1 atom stereocenters. The van der Waals surface area contributed by atoms with Crippen LogP contribution >= 0.6 is 0 Å². The van der Waals surface area contributed by atoms with Crippen molar-refractivity contribution in [3.8, 4) is 0 Å². The highest BCUT2D eigenvalue weighted by Gasteiger charge is 2.39. The van der Waals surface area contributed by atoms with Crippen LogP contribution in [-0.2, 0) is 9.22 Å². The number of hydrogen-bond donors (Lipinski definition) is 0. The number of rotatable bonds is 4. The Kier molecular flexibility index (Phi) is 4.28. The minimum atomic E-state index is -1.90. The van der Waals surface area contributed by atoms with Crippen LogP contribution in [0.4, 0.5) is 0 Å². The average Bonchev–Trinajstić information content (AvgIpc) is 2.25. The molecule has 0 spiro atoms. The highest BCUT2D eigenvalue weighted by Crippen LogP contribution is 2.39. The molecule has 0 saturated heterocycles. The summed E-state index contributed by atoms with van der Waals surface area (Å²) in [4.78, 5) is 11.2. The van der Waals surface area contributed by atoms with E-state index in [1.54, 1.807) is 0 Å². The van der Waals surface area contributed by atoms with E-state index >= 15 is 0 Å². The van der Waals surface area contributed by atoms with Gasteiger partial charge in [0.25, 0.3) is 0 Å². The topological polar surface area (TPSA) is 26.3 Å². The molecule has 1 aromatic carbocycles. The lowest BCUT2D eigenvalue weighted by Crippen LogP contribution is -2.42. The van der Waals surface area contributed by atoms with E-state index in [9.17, 15) is 4.79 Å². The van der Waals surface area contributed by atoms with Crippen molar-refractivity contribution in [2.24, 2.45) is 0 Å². The van der Waals surface area contributed by atoms with Gasteiger partial charge < -0.3 is 9.22 Å². The number of carbonyl (C=O) groups excluding carboxylic acids is 1. The van der Waals surface area contributed by atoms with Gasteiger partial charge in [0.05, 0.1) is 0 Å². The summed E-state index contributed by atoms with van der Waals surface area (Å²) in [6.45, 7) is 10.8. The van der Waals surface area contributed by atoms with Crippen LogP contribution in [0.3, 0.4) is 0 Å². The Morgan fingerprint density at radius 3 is 2.12 bits per heavy atom. The normalized spacial score (nSPS) is 14.4. The highest BCUT2D eigenvalue weighted by atomic mass is 28.4. The van der Waals surface area contributed by atoms with Crippen LogP contribution in [0.15, 0.2) is 30.3 Å². The van der Waals surface area contributed by atoms with Crippen molar-refractivity contribution in [3.05, 3.63) is 35.9 Å². The van der Waals surface area contributed by atoms with E-state index in [1.165, 1.54) is 0 Å². The first kappa shape index (κ1) is 14.1. The van der Waals surface area contributed by atoms with Gasteiger partial charge in [0.1, 0.15) is 6.10 Å². The lowest BCUT2D eigenvalue weighted by Gasteiger charge is -2.38. The minimum absolute atomic E-state index is 0.114. The number of aldehydes is 1. The fourth-order valence-corrected chi connectivity index (χ4v) is 2.49. The maximum absolute atomic E-state index is 11.2. The molecule has 0 aliphatic carbocycles. The third kappa shape index (κ3) is 3.51. The largest absolute Gasteiger partial charge is 0.403 e. The second kappa shape index (κ2) is 5.15. The molecule has 1 unspecified atom stereocenters. The number of carbonyl (C=O) groups is 1. The lowest BCUT2D eigenvalue weighted by atomic mass is 10.1. The second-order valence-corrected chi connectivity index (χ2v) is 10.6. The second-order valence-electron chi connectivity index (χ2n) is 5.85. The Bertz CT molecular complexity index is 366. The van der Waals surface area contributed by atoms with Crippen LogP contribution in [0, 0.1) is 0 Å². The van der Waals surface area contributed by atoms with Gasteiger partial charge in [-0.05, 0) is 23.7 Å². The average molecular weight is 250 g/mol. The van der Waals surface area contributed by atoms with Gasteiger partial charge in [-0.1, -0.05) is 51.1 Å². The third-order valence-electron chi connectivity index (χ3n) is 3.48. The van der Waals surface area contributed by atoms with Gasteiger partial charge in [-0.15, -0.1) is 0 Å². The summed E-state index contributed by atoms with van der Waals surface area (Å²) in [7, 11) is -1.90. The van der Waals surface area contributed by atoms with Crippen LogP contribution in [0.5, 0.6) is 0 Å². The monoisotopic (exact) mass is 250 g/mol. The summed E-state index contributed by atoms with van der Waals surface area (Å²) in [6.07, 6.45) is 0.465. The summed E-state index contributed by atoms with van der Waals surface area (Å²) < 4.78 is 6.11. The first-order valence-corrected chi connectivity index (χ1v) is 8.87. The predicted octanol–water partition coefficient (Wildman–Crippen LogP) is 3.95. The number of benzene rings is 1. The van der Waals surface area contributed by atoms with Gasteiger partial charge in [0.15, 0.2) is 14.6 Å². The van der Waals surface area contributed by atoms with E-state index < -0.39 is 14.4 Å². The molecule has 0 bridgehead atoms. The molecule has 0 amide bonds. The smallest absolute Gasteiger partial charge is 0.193 e. The van der Waals surface area contributed by atoms with Crippen LogP contribution < -0.4 is 0 Å². The van der Waals surface area contributed by atoms with E-state index in [4.69, 9.17) is 4.43 Å². The predicted molar refractivity (Wildman–Crippen MR) is 73.5 cm³/mol. The molecule has 0 aromatic heterocycles. The van der Waals surface area contributed by atoms with Gasteiger partial charge in [-0.3, -0.25) is 0 Å². The molecule has 0 fully saturated rings. The zero-order valence-electron chi connectivity index (χ0n) is 11.4. The summed E-state index contributed by atoms with van der Waals surface area (Å²) in [5.41, 5.74) is 0.937. The Hall–Kier alpha value is -0.933. The molecule has 0 N–H and O–H groups in total. The molecule has 3 heteroatoms. The maximum Gasteiger partial charge on any atom is 0.193 e. The maximum atomic E-state index is 11.2. The minimum Gasteiger partial charge on any atom is -0.403 e. The lowest BCUT2D eigenvalue weighted by molar-refractivity contribution is -0.114. The van der Waals surface area contributed by atoms with E-state index in [-0.39, 0.29) is 5.04 Å². The molecular formula is C14H22O2Si. The van der Waals surface area contributed by atoms with Crippen molar-refractivity contribution in [2.75, 3.05) is 0 Å². The van der Waals surface area contributed by atoms with Crippen LogP contribution in [-0.4, -0.2) is 14.6 Å². The molecule has 2 nitrogen and oxygen atoms in total. The standard InChI is InChI=1S/C14H22O2Si/c1-14(2,3)17(4,5)16-13(11-15)12-9-7-6-8-10-12/h6-11,13H,1-5H3. The molecule has 0 aliphatic rings. The van der Waals surface area contributed by atoms with Gasteiger partial charge in [0, 0.05) is 0 Å². The van der Waals surface area contributed by atoms with Crippen LogP contribution in [0.2, 0.25) is 18.1 Å². The van der Waals surface area contributed by atoms with Crippen molar-refractivity contribution in [1.82, 2.24) is 0 Å². The Morgan fingerprint density at radius 1 is 1.18 bits per heavy atom. The summed E-state index contributed by atoms with van der Waals surface area (Å²) in [5.74, 6) is 0. The van der Waals surface area contributed by atoms with Crippen molar-refractivity contribution >= 4 is 14.6 Å². The van der Waals surface area contributed by atoms with E-state index in [0.717, 1.165) is 11.8 Å². The molecule has 94 valence electrons. The van der Waals surface area contributed by atoms with E-state index in [0.29, 0.717) is 0 Å². The molecule has 1 rings (SSSR count). The molecular weight excluding hydrogens is 228 g/mol. The molecule has 1 aromatic rings. The van der Waals surface area contributed by atoms with Crippen molar-refractivity contribution in [3.63, 3.8) is 0 Å². The fraction of sp³-hybridized carbons (Fsp3) is 0.500. The Balaban J connectivity index is 2.89. The van der Waals surface area contributed by atoms with Crippen molar-refractivity contribution in [1.29, 1.82) is 0 Å². The van der Waals surface area contributed by atoms with Crippen LogP contribution in [0.1, 0.15) is 32.4 Å². The molecule has 0 radical (unpaired) electrons. The zero-order valence-corrected chi connectivity index (χ0v) is 12.4. The molecule has 0 heterocycles. The van der Waals surface area contributed by atoms with Gasteiger partial charge in [-0.25, -0.2) is 0 Å². The van der Waals surface area contributed by atoms with E-state index in [2.05, 4.69) is 33.9 Å². The zero-order chi connectivity index (χ0) is 13.1. The summed E-state index contributed by atoms with van der Waals surface area (Å²) in [6, 6.07) is 9.68. The first-order valence-electron chi connectivity index (χ1n) is 5.96. The van der Waals surface area contributed by atoms with E-state index in [1.807, 2.05) is 30.3 Å². The van der Waals surface area contributed by atoms with Gasteiger partial charge >= 0.3 is 0 Å². The Morgan fingerprint density at radius 2 is 1.71 bits per heavy atom. The Labute approximate surface area is 105 Å². The highest BCUT2D eigenvalue weighted by molar-refractivity contribution is 6.74. The van der Waals surface area contributed by atoms with Gasteiger partial charge in [-0.2, -0.15) is 0 Å². The van der Waals surface area contributed by atoms with Crippen LogP contribution in [0.25, 0.3) is 0 Å². The molecule has 0 saturated carbocycles. The van der Waals surface area contributed by atoms with Crippen molar-refractivity contribution < 1.29 is 9.22 Å². The summed E-state index contributed by atoms with van der Waals surface area (Å²) in [5, 5.41) is 0.114. The SMILES string of the molecule is CC(C)(C)[Si](C)(C)OC(C=O)c1ccccc1. The first-order chi connectivity index (χ1) is 7.78. The molecule has 0 aliphatic heterocycles. The third-order valence-corrected chi connectivity index (χ3v) is 7.94. The summed E-state index contributed by atoms with van der Waals surface area (Å²) >= 11 is 0.